The third kappa shape index (κ3) is 5.12. The van der Waals surface area contributed by atoms with E-state index in [4.69, 9.17) is 23.2 Å². The molecule has 0 aliphatic carbocycles. The molecule has 3 rings (SSSR count). The van der Waals surface area contributed by atoms with Gasteiger partial charge in [0.15, 0.2) is 0 Å². The zero-order valence-corrected chi connectivity index (χ0v) is 19.2. The fourth-order valence-electron chi connectivity index (χ4n) is 3.70. The highest BCUT2D eigenvalue weighted by molar-refractivity contribution is 6.34. The summed E-state index contributed by atoms with van der Waals surface area (Å²) >= 11 is 12.6. The normalized spacial score (nSPS) is 10.9. The molecule has 0 aliphatic rings. The Balaban J connectivity index is 1.91. The van der Waals surface area contributed by atoms with E-state index in [9.17, 15) is 14.7 Å². The fraction of sp³-hybridized carbons (Fsp3) is 0.250. The zero-order chi connectivity index (χ0) is 22.7. The third-order valence-electron chi connectivity index (χ3n) is 5.36. The summed E-state index contributed by atoms with van der Waals surface area (Å²) in [6.07, 6.45) is 0.540. The second-order valence-electron chi connectivity index (χ2n) is 7.59. The molecule has 3 aromatic rings. The lowest BCUT2D eigenvalue weighted by Gasteiger charge is -2.24. The number of anilines is 1. The first-order chi connectivity index (χ1) is 14.7. The molecule has 0 fully saturated rings. The van der Waals surface area contributed by atoms with Crippen LogP contribution in [0.1, 0.15) is 32.7 Å². The van der Waals surface area contributed by atoms with Crippen LogP contribution in [-0.2, 0) is 19.5 Å². The van der Waals surface area contributed by atoms with E-state index in [0.717, 1.165) is 16.8 Å². The monoisotopic (exact) mass is 458 g/mol. The zero-order valence-electron chi connectivity index (χ0n) is 17.7. The van der Waals surface area contributed by atoms with Crippen LogP contribution in [-0.4, -0.2) is 22.7 Å². The van der Waals surface area contributed by atoms with Crippen molar-refractivity contribution < 1.29 is 9.90 Å². The number of carboxylic acids is 1. The molecule has 0 radical (unpaired) electrons. The van der Waals surface area contributed by atoms with Crippen LogP contribution in [0, 0.1) is 13.8 Å². The molecule has 0 amide bonds. The van der Waals surface area contributed by atoms with E-state index >= 15 is 0 Å². The first kappa shape index (κ1) is 22.9. The number of aromatic carboxylic acids is 1. The van der Waals surface area contributed by atoms with Gasteiger partial charge in [0.05, 0.1) is 22.8 Å². The molecule has 7 heteroatoms. The van der Waals surface area contributed by atoms with Gasteiger partial charge in [-0.3, -0.25) is 4.79 Å². The Labute approximate surface area is 191 Å². The molecular weight excluding hydrogens is 435 g/mol. The van der Waals surface area contributed by atoms with Gasteiger partial charge in [0.2, 0.25) is 0 Å². The summed E-state index contributed by atoms with van der Waals surface area (Å²) in [6.45, 7) is 4.61. The highest BCUT2D eigenvalue weighted by Crippen LogP contribution is 2.24. The van der Waals surface area contributed by atoms with Crippen LogP contribution in [0.3, 0.4) is 0 Å². The van der Waals surface area contributed by atoms with E-state index in [2.05, 4.69) is 0 Å². The highest BCUT2D eigenvalue weighted by Gasteiger charge is 2.16. The van der Waals surface area contributed by atoms with Crippen molar-refractivity contribution in [1.82, 2.24) is 4.57 Å². The summed E-state index contributed by atoms with van der Waals surface area (Å²) in [5, 5.41) is 9.72. The van der Waals surface area contributed by atoms with Crippen LogP contribution in [0.25, 0.3) is 0 Å². The van der Waals surface area contributed by atoms with Gasteiger partial charge in [0.25, 0.3) is 5.56 Å². The highest BCUT2D eigenvalue weighted by atomic mass is 35.5. The van der Waals surface area contributed by atoms with Crippen LogP contribution >= 0.6 is 23.2 Å². The molecule has 2 aromatic carbocycles. The molecule has 0 saturated heterocycles. The van der Waals surface area contributed by atoms with Gasteiger partial charge in [-0.2, -0.15) is 0 Å². The Hall–Kier alpha value is -2.76. The van der Waals surface area contributed by atoms with Gasteiger partial charge >= 0.3 is 5.97 Å². The maximum absolute atomic E-state index is 12.8. The molecule has 0 aliphatic heterocycles. The molecule has 1 aromatic heterocycles. The Morgan fingerprint density at radius 1 is 1.03 bits per heavy atom. The van der Waals surface area contributed by atoms with E-state index < -0.39 is 5.97 Å². The van der Waals surface area contributed by atoms with Gasteiger partial charge in [-0.1, -0.05) is 53.5 Å². The summed E-state index contributed by atoms with van der Waals surface area (Å²) in [4.78, 5) is 26.1. The minimum Gasteiger partial charge on any atom is -0.478 e. The molecule has 0 bridgehead atoms. The minimum atomic E-state index is -0.955. The number of carbonyl (C=O) groups is 1. The van der Waals surface area contributed by atoms with Crippen LogP contribution < -0.4 is 10.5 Å². The lowest BCUT2D eigenvalue weighted by molar-refractivity contribution is 0.0696. The van der Waals surface area contributed by atoms with E-state index in [0.29, 0.717) is 35.8 Å². The second kappa shape index (κ2) is 9.58. The Bertz CT molecular complexity index is 1190. The standard InChI is InChI=1S/C24H24Cl2N2O3/c1-15-6-4-5-7-21(15)27(3)14-22-19(25)13-20(26)23(29)28(22)11-10-17-8-9-18(24(30)31)16(2)12-17/h4-9,12-13H,10-11,14H2,1-3H3,(H,30,31). The third-order valence-corrected chi connectivity index (χ3v) is 5.96. The van der Waals surface area contributed by atoms with Crippen molar-refractivity contribution in [2.24, 2.45) is 0 Å². The van der Waals surface area contributed by atoms with Gasteiger partial charge < -0.3 is 14.6 Å². The van der Waals surface area contributed by atoms with Crippen LogP contribution in [0.15, 0.2) is 53.3 Å². The summed E-state index contributed by atoms with van der Waals surface area (Å²) < 4.78 is 1.61. The fourth-order valence-corrected chi connectivity index (χ4v) is 4.24. The van der Waals surface area contributed by atoms with Gasteiger partial charge in [-0.15, -0.1) is 0 Å². The van der Waals surface area contributed by atoms with Gasteiger partial charge in [-0.25, -0.2) is 4.79 Å². The number of halogens is 2. The predicted octanol–water partition coefficient (Wildman–Crippen LogP) is 5.35. The van der Waals surface area contributed by atoms with Crippen LogP contribution in [0.2, 0.25) is 10.0 Å². The number of carboxylic acid groups (broad SMARTS) is 1. The number of nitrogens with zero attached hydrogens (tertiary/aromatic N) is 2. The number of hydrogen-bond acceptors (Lipinski definition) is 3. The van der Waals surface area contributed by atoms with Crippen molar-refractivity contribution in [3.05, 3.63) is 96.9 Å². The van der Waals surface area contributed by atoms with E-state index in [1.165, 1.54) is 6.07 Å². The lowest BCUT2D eigenvalue weighted by atomic mass is 10.0. The number of rotatable bonds is 7. The molecular formula is C24H24Cl2N2O3. The van der Waals surface area contributed by atoms with Gasteiger partial charge in [-0.05, 0) is 55.2 Å². The number of benzene rings is 2. The Morgan fingerprint density at radius 2 is 1.74 bits per heavy atom. The summed E-state index contributed by atoms with van der Waals surface area (Å²) in [7, 11) is 1.95. The van der Waals surface area contributed by atoms with Crippen molar-refractivity contribution >= 4 is 34.9 Å². The molecule has 1 N–H and O–H groups in total. The summed E-state index contributed by atoms with van der Waals surface area (Å²) in [5.74, 6) is -0.955. The van der Waals surface area contributed by atoms with Crippen molar-refractivity contribution in [3.63, 3.8) is 0 Å². The second-order valence-corrected chi connectivity index (χ2v) is 8.41. The number of hydrogen-bond donors (Lipinski definition) is 1. The maximum Gasteiger partial charge on any atom is 0.335 e. The molecule has 162 valence electrons. The van der Waals surface area contributed by atoms with Crippen LogP contribution in [0.4, 0.5) is 5.69 Å². The maximum atomic E-state index is 12.8. The molecule has 1 heterocycles. The Kier molecular flexibility index (Phi) is 7.08. The Morgan fingerprint density at radius 3 is 2.39 bits per heavy atom. The largest absolute Gasteiger partial charge is 0.478 e. The SMILES string of the molecule is Cc1cc(CCn2c(CN(C)c3ccccc3C)c(Cl)cc(Cl)c2=O)ccc1C(=O)O. The molecule has 31 heavy (non-hydrogen) atoms. The first-order valence-corrected chi connectivity index (χ1v) is 10.6. The first-order valence-electron chi connectivity index (χ1n) is 9.86. The van der Waals surface area contributed by atoms with Crippen molar-refractivity contribution in [2.45, 2.75) is 33.4 Å². The molecule has 0 atom stereocenters. The van der Waals surface area contributed by atoms with Crippen LogP contribution in [0.5, 0.6) is 0 Å². The number of aromatic nitrogens is 1. The number of para-hydroxylation sites is 1. The van der Waals surface area contributed by atoms with Gasteiger partial charge in [0, 0.05) is 19.3 Å². The van der Waals surface area contributed by atoms with E-state index in [-0.39, 0.29) is 16.1 Å². The average molecular weight is 459 g/mol. The van der Waals surface area contributed by atoms with E-state index in [1.807, 2.05) is 49.2 Å². The minimum absolute atomic E-state index is 0.0738. The van der Waals surface area contributed by atoms with Crippen molar-refractivity contribution in [1.29, 1.82) is 0 Å². The quantitative estimate of drug-likeness (QED) is 0.518. The molecule has 0 unspecified atom stereocenters. The summed E-state index contributed by atoms with van der Waals surface area (Å²) in [5.41, 5.74) is 4.45. The molecule has 5 nitrogen and oxygen atoms in total. The predicted molar refractivity (Wildman–Crippen MR) is 126 cm³/mol. The smallest absolute Gasteiger partial charge is 0.335 e. The topological polar surface area (TPSA) is 62.5 Å². The molecule has 0 saturated carbocycles. The molecule has 0 spiro atoms. The van der Waals surface area contributed by atoms with Crippen molar-refractivity contribution in [2.75, 3.05) is 11.9 Å². The number of pyridine rings is 1. The van der Waals surface area contributed by atoms with Gasteiger partial charge in [0.1, 0.15) is 5.02 Å². The lowest BCUT2D eigenvalue weighted by Crippen LogP contribution is -2.29. The van der Waals surface area contributed by atoms with E-state index in [1.54, 1.807) is 23.6 Å². The number of aryl methyl sites for hydroxylation is 3. The average Bonchev–Trinajstić information content (AvgIpc) is 2.71. The summed E-state index contributed by atoms with van der Waals surface area (Å²) in [6, 6.07) is 14.7. The van der Waals surface area contributed by atoms with Crippen molar-refractivity contribution in [3.8, 4) is 0 Å².